The number of benzene rings is 2. The Bertz CT molecular complexity index is 924. The number of sulfonamides is 1. The van der Waals surface area contributed by atoms with Gasteiger partial charge < -0.3 is 9.47 Å². The lowest BCUT2D eigenvalue weighted by molar-refractivity contribution is -0.274. The van der Waals surface area contributed by atoms with Crippen molar-refractivity contribution >= 4 is 10.0 Å². The fourth-order valence-corrected chi connectivity index (χ4v) is 4.39. The van der Waals surface area contributed by atoms with Gasteiger partial charge in [0.25, 0.3) is 0 Å². The summed E-state index contributed by atoms with van der Waals surface area (Å²) in [5.41, 5.74) is 1.69. The van der Waals surface area contributed by atoms with E-state index in [1.54, 1.807) is 0 Å². The van der Waals surface area contributed by atoms with Crippen LogP contribution in [0.4, 0.5) is 13.2 Å². The van der Waals surface area contributed by atoms with Crippen molar-refractivity contribution in [1.29, 1.82) is 0 Å². The number of alkyl halides is 3. The minimum Gasteiger partial charge on any atom is -0.406 e. The van der Waals surface area contributed by atoms with Gasteiger partial charge in [0.05, 0.1) is 17.6 Å². The number of hydrogen-bond acceptors (Lipinski definition) is 4. The second-order valence-electron chi connectivity index (χ2n) is 7.18. The van der Waals surface area contributed by atoms with Crippen LogP contribution in [0, 0.1) is 0 Å². The van der Waals surface area contributed by atoms with Gasteiger partial charge in [-0.05, 0) is 48.2 Å². The van der Waals surface area contributed by atoms with Gasteiger partial charge in [-0.2, -0.15) is 0 Å². The van der Waals surface area contributed by atoms with E-state index in [1.165, 1.54) is 19.3 Å². The highest BCUT2D eigenvalue weighted by Crippen LogP contribution is 2.24. The van der Waals surface area contributed by atoms with Crippen molar-refractivity contribution in [3.8, 4) is 5.75 Å². The third kappa shape index (κ3) is 6.72. The summed E-state index contributed by atoms with van der Waals surface area (Å²) in [6.07, 6.45) is 1.06. The lowest BCUT2D eigenvalue weighted by atomic mass is 9.98. The first kappa shape index (κ1) is 22.6. The van der Waals surface area contributed by atoms with E-state index in [9.17, 15) is 21.6 Å². The van der Waals surface area contributed by atoms with Crippen LogP contribution in [0.5, 0.6) is 5.75 Å². The van der Waals surface area contributed by atoms with Crippen molar-refractivity contribution in [2.24, 2.45) is 0 Å². The molecular formula is C21H24F3NO4S. The summed E-state index contributed by atoms with van der Waals surface area (Å²) >= 11 is 0. The lowest BCUT2D eigenvalue weighted by Gasteiger charge is -2.22. The first-order chi connectivity index (χ1) is 14.2. The minimum absolute atomic E-state index is 0.0489. The van der Waals surface area contributed by atoms with Gasteiger partial charge >= 0.3 is 6.36 Å². The van der Waals surface area contributed by atoms with Crippen molar-refractivity contribution in [3.63, 3.8) is 0 Å². The zero-order valence-corrected chi connectivity index (χ0v) is 17.1. The molecule has 0 aliphatic heterocycles. The molecule has 1 fully saturated rings. The average molecular weight is 443 g/mol. The highest BCUT2D eigenvalue weighted by Gasteiger charge is 2.31. The number of ether oxygens (including phenoxy) is 2. The molecule has 1 aliphatic carbocycles. The van der Waals surface area contributed by atoms with Crippen molar-refractivity contribution < 1.29 is 31.1 Å². The van der Waals surface area contributed by atoms with Crippen molar-refractivity contribution in [1.82, 2.24) is 4.72 Å². The first-order valence-corrected chi connectivity index (χ1v) is 11.3. The second-order valence-corrected chi connectivity index (χ2v) is 8.95. The molecule has 3 rings (SSSR count). The third-order valence-electron chi connectivity index (χ3n) is 4.97. The Morgan fingerprint density at radius 2 is 1.57 bits per heavy atom. The number of nitrogens with one attached hydrogen (secondary N) is 1. The largest absolute Gasteiger partial charge is 0.573 e. The van der Waals surface area contributed by atoms with E-state index in [0.717, 1.165) is 48.2 Å². The van der Waals surface area contributed by atoms with Crippen LogP contribution in [0.3, 0.4) is 0 Å². The Balaban J connectivity index is 1.61. The molecule has 0 heterocycles. The molecule has 0 aromatic heterocycles. The normalized spacial score (nSPS) is 15.8. The predicted octanol–water partition coefficient (Wildman–Crippen LogP) is 4.91. The Morgan fingerprint density at radius 1 is 0.933 bits per heavy atom. The van der Waals surface area contributed by atoms with E-state index in [0.29, 0.717) is 6.61 Å². The quantitative estimate of drug-likeness (QED) is 0.630. The molecule has 0 spiro atoms. The maximum atomic E-state index is 12.5. The topological polar surface area (TPSA) is 64.6 Å². The molecule has 1 N–H and O–H groups in total. The summed E-state index contributed by atoms with van der Waals surface area (Å²) in [6.45, 7) is 0.458. The van der Waals surface area contributed by atoms with E-state index in [2.05, 4.69) is 9.46 Å². The van der Waals surface area contributed by atoms with Crippen molar-refractivity contribution in [2.45, 2.75) is 62.6 Å². The summed E-state index contributed by atoms with van der Waals surface area (Å²) < 4.78 is 74.0. The van der Waals surface area contributed by atoms with Gasteiger partial charge in [-0.3, -0.25) is 0 Å². The molecule has 0 unspecified atom stereocenters. The smallest absolute Gasteiger partial charge is 0.406 e. The SMILES string of the molecule is O=S(=O)(NCc1ccccc1COC1CCCCC1)c1ccc(OC(F)(F)F)cc1. The van der Waals surface area contributed by atoms with Gasteiger partial charge in [0.1, 0.15) is 5.75 Å². The number of halogens is 3. The Labute approximate surface area is 174 Å². The van der Waals surface area contributed by atoms with E-state index in [1.807, 2.05) is 24.3 Å². The van der Waals surface area contributed by atoms with Crippen LogP contribution in [0.15, 0.2) is 53.4 Å². The van der Waals surface area contributed by atoms with E-state index < -0.39 is 22.1 Å². The van der Waals surface area contributed by atoms with Crippen molar-refractivity contribution in [3.05, 3.63) is 59.7 Å². The second kappa shape index (κ2) is 9.80. The van der Waals surface area contributed by atoms with Gasteiger partial charge in [-0.25, -0.2) is 13.1 Å². The lowest BCUT2D eigenvalue weighted by Crippen LogP contribution is -2.24. The molecular weight excluding hydrogens is 419 g/mol. The molecule has 30 heavy (non-hydrogen) atoms. The number of hydrogen-bond donors (Lipinski definition) is 1. The first-order valence-electron chi connectivity index (χ1n) is 9.77. The summed E-state index contributed by atoms with van der Waals surface area (Å²) in [4.78, 5) is -0.145. The molecule has 0 radical (unpaired) electrons. The molecule has 164 valence electrons. The van der Waals surface area contributed by atoms with Crippen LogP contribution >= 0.6 is 0 Å². The third-order valence-corrected chi connectivity index (χ3v) is 6.38. The molecule has 2 aromatic rings. The van der Waals surface area contributed by atoms with Gasteiger partial charge in [-0.1, -0.05) is 43.5 Å². The van der Waals surface area contributed by atoms with Crippen LogP contribution in [0.25, 0.3) is 0 Å². The van der Waals surface area contributed by atoms with E-state index in [4.69, 9.17) is 4.74 Å². The minimum atomic E-state index is -4.83. The van der Waals surface area contributed by atoms with Crippen LogP contribution in [-0.2, 0) is 27.9 Å². The summed E-state index contributed by atoms with van der Waals surface area (Å²) in [6, 6.07) is 11.5. The summed E-state index contributed by atoms with van der Waals surface area (Å²) in [5.74, 6) is -0.480. The molecule has 5 nitrogen and oxygen atoms in total. The standard InChI is InChI=1S/C21H24F3NO4S/c22-21(23,24)29-19-10-12-20(13-11-19)30(26,27)25-14-16-6-4-5-7-17(16)15-28-18-8-2-1-3-9-18/h4-7,10-13,18,25H,1-3,8-9,14-15H2. The van der Waals surface area contributed by atoms with Crippen LogP contribution in [0.1, 0.15) is 43.2 Å². The van der Waals surface area contributed by atoms with Gasteiger partial charge in [0, 0.05) is 6.54 Å². The fourth-order valence-electron chi connectivity index (χ4n) is 3.39. The average Bonchev–Trinajstić information content (AvgIpc) is 2.71. The molecule has 0 atom stereocenters. The highest BCUT2D eigenvalue weighted by molar-refractivity contribution is 7.89. The zero-order valence-electron chi connectivity index (χ0n) is 16.3. The molecule has 0 bridgehead atoms. The molecule has 0 amide bonds. The Morgan fingerprint density at radius 3 is 2.20 bits per heavy atom. The van der Waals surface area contributed by atoms with Gasteiger partial charge in [-0.15, -0.1) is 13.2 Å². The zero-order chi connectivity index (χ0) is 21.6. The maximum Gasteiger partial charge on any atom is 0.573 e. The van der Waals surface area contributed by atoms with Crippen LogP contribution in [0.2, 0.25) is 0 Å². The van der Waals surface area contributed by atoms with Gasteiger partial charge in [0.15, 0.2) is 0 Å². The number of rotatable bonds is 8. The maximum absolute atomic E-state index is 12.5. The molecule has 9 heteroatoms. The molecule has 2 aromatic carbocycles. The molecule has 1 aliphatic rings. The van der Waals surface area contributed by atoms with Crippen LogP contribution in [-0.4, -0.2) is 20.9 Å². The Kier molecular flexibility index (Phi) is 7.38. The summed E-state index contributed by atoms with van der Waals surface area (Å²) in [7, 11) is -3.90. The fraction of sp³-hybridized carbons (Fsp3) is 0.429. The molecule has 0 saturated heterocycles. The van der Waals surface area contributed by atoms with Crippen LogP contribution < -0.4 is 9.46 Å². The Hall–Kier alpha value is -2.10. The van der Waals surface area contributed by atoms with Crippen molar-refractivity contribution in [2.75, 3.05) is 0 Å². The van der Waals surface area contributed by atoms with E-state index >= 15 is 0 Å². The monoisotopic (exact) mass is 443 g/mol. The van der Waals surface area contributed by atoms with Gasteiger partial charge in [0.2, 0.25) is 10.0 Å². The van der Waals surface area contributed by atoms with E-state index in [-0.39, 0.29) is 17.5 Å². The summed E-state index contributed by atoms with van der Waals surface area (Å²) in [5, 5.41) is 0. The highest BCUT2D eigenvalue weighted by atomic mass is 32.2. The predicted molar refractivity (Wildman–Crippen MR) is 105 cm³/mol. The molecule has 1 saturated carbocycles.